The number of benzene rings is 1. The van der Waals surface area contributed by atoms with Crippen molar-refractivity contribution in [2.75, 3.05) is 20.2 Å². The van der Waals surface area contributed by atoms with Crippen LogP contribution in [0.25, 0.3) is 0 Å². The fourth-order valence-corrected chi connectivity index (χ4v) is 2.44. The summed E-state index contributed by atoms with van der Waals surface area (Å²) in [6.45, 7) is 3.22. The second-order valence-electron chi connectivity index (χ2n) is 6.22. The largest absolute Gasteiger partial charge is 0.467 e. The molecular weight excluding hydrogens is 346 g/mol. The Bertz CT molecular complexity index is 607. The van der Waals surface area contributed by atoms with Crippen molar-refractivity contribution < 1.29 is 14.3 Å². The van der Waals surface area contributed by atoms with Crippen LogP contribution >= 0.6 is 0 Å². The van der Waals surface area contributed by atoms with E-state index < -0.39 is 18.1 Å². The summed E-state index contributed by atoms with van der Waals surface area (Å²) in [6, 6.07) is 7.99. The summed E-state index contributed by atoms with van der Waals surface area (Å²) in [7, 11) is 1.29. The molecule has 0 heterocycles. The van der Waals surface area contributed by atoms with Crippen LogP contribution < -0.4 is 22.1 Å². The maximum Gasteiger partial charge on any atom is 0.328 e. The van der Waals surface area contributed by atoms with Gasteiger partial charge in [0.15, 0.2) is 5.96 Å². The van der Waals surface area contributed by atoms with Crippen LogP contribution in [0.2, 0.25) is 0 Å². The van der Waals surface area contributed by atoms with Gasteiger partial charge in [-0.15, -0.1) is 0 Å². The highest BCUT2D eigenvalue weighted by molar-refractivity contribution is 5.87. The van der Waals surface area contributed by atoms with Crippen molar-refractivity contribution in [1.82, 2.24) is 10.6 Å². The first-order chi connectivity index (χ1) is 13.0. The number of rotatable bonds is 11. The molecule has 1 aromatic rings. The number of methoxy groups -OCH3 is 1. The summed E-state index contributed by atoms with van der Waals surface area (Å²) in [4.78, 5) is 28.4. The molecule has 0 aliphatic rings. The number of hydrogen-bond donors (Lipinski definition) is 4. The van der Waals surface area contributed by atoms with Crippen molar-refractivity contribution >= 4 is 17.8 Å². The van der Waals surface area contributed by atoms with Gasteiger partial charge in [0.2, 0.25) is 5.91 Å². The van der Waals surface area contributed by atoms with Crippen LogP contribution in [0, 0.1) is 0 Å². The lowest BCUT2D eigenvalue weighted by Crippen LogP contribution is -2.49. The van der Waals surface area contributed by atoms with Gasteiger partial charge in [0.05, 0.1) is 13.2 Å². The predicted octanol–water partition coefficient (Wildman–Crippen LogP) is 0.309. The number of hydrogen-bond acceptors (Lipinski definition) is 5. The van der Waals surface area contributed by atoms with E-state index in [1.807, 2.05) is 37.3 Å². The van der Waals surface area contributed by atoms with Crippen molar-refractivity contribution in [1.29, 1.82) is 0 Å². The van der Waals surface area contributed by atoms with Gasteiger partial charge in [0.25, 0.3) is 0 Å². The molecule has 150 valence electrons. The van der Waals surface area contributed by atoms with E-state index in [4.69, 9.17) is 16.2 Å². The zero-order chi connectivity index (χ0) is 20.1. The summed E-state index contributed by atoms with van der Waals surface area (Å²) in [5.74, 6) is -0.505. The fourth-order valence-electron chi connectivity index (χ4n) is 2.44. The van der Waals surface area contributed by atoms with E-state index >= 15 is 0 Å². The Morgan fingerprint density at radius 3 is 2.59 bits per heavy atom. The quantitative estimate of drug-likeness (QED) is 0.190. The maximum absolute atomic E-state index is 12.3. The summed E-state index contributed by atoms with van der Waals surface area (Å²) in [5.41, 5.74) is 12.6. The molecule has 0 saturated carbocycles. The Kier molecular flexibility index (Phi) is 10.5. The van der Waals surface area contributed by atoms with Gasteiger partial charge in [0.1, 0.15) is 6.04 Å². The Balaban J connectivity index is 2.48. The van der Waals surface area contributed by atoms with E-state index in [1.54, 1.807) is 0 Å². The number of nitrogens with zero attached hydrogens (tertiary/aromatic N) is 1. The number of carbonyl (C=O) groups is 2. The van der Waals surface area contributed by atoms with Gasteiger partial charge >= 0.3 is 5.97 Å². The lowest BCUT2D eigenvalue weighted by atomic mass is 10.1. The third kappa shape index (κ3) is 9.05. The van der Waals surface area contributed by atoms with Gasteiger partial charge in [0, 0.05) is 13.1 Å². The van der Waals surface area contributed by atoms with Crippen molar-refractivity contribution in [2.45, 2.75) is 44.7 Å². The monoisotopic (exact) mass is 377 g/mol. The van der Waals surface area contributed by atoms with E-state index in [2.05, 4.69) is 15.6 Å². The average Bonchev–Trinajstić information content (AvgIpc) is 2.68. The highest BCUT2D eigenvalue weighted by atomic mass is 16.5. The number of guanidine groups is 1. The van der Waals surface area contributed by atoms with E-state index in [1.165, 1.54) is 7.11 Å². The smallest absolute Gasteiger partial charge is 0.328 e. The molecule has 2 atom stereocenters. The molecule has 8 nitrogen and oxygen atoms in total. The van der Waals surface area contributed by atoms with Crippen molar-refractivity contribution in [3.8, 4) is 0 Å². The Morgan fingerprint density at radius 2 is 1.96 bits per heavy atom. The summed E-state index contributed by atoms with van der Waals surface area (Å²) >= 11 is 0. The second-order valence-corrected chi connectivity index (χ2v) is 6.22. The van der Waals surface area contributed by atoms with Crippen LogP contribution in [-0.4, -0.2) is 50.1 Å². The van der Waals surface area contributed by atoms with Crippen LogP contribution in [0.4, 0.5) is 0 Å². The van der Waals surface area contributed by atoms with E-state index in [9.17, 15) is 9.59 Å². The summed E-state index contributed by atoms with van der Waals surface area (Å²) in [5, 5.41) is 5.66. The molecule has 8 heteroatoms. The normalized spacial score (nSPS) is 13.5. The van der Waals surface area contributed by atoms with Crippen LogP contribution in [0.15, 0.2) is 35.3 Å². The number of carbonyl (C=O) groups excluding carboxylic acids is 2. The zero-order valence-corrected chi connectivity index (χ0v) is 16.1. The van der Waals surface area contributed by atoms with Gasteiger partial charge in [-0.05, 0) is 31.2 Å². The average molecular weight is 377 g/mol. The highest BCUT2D eigenvalue weighted by Gasteiger charge is 2.24. The third-order valence-corrected chi connectivity index (χ3v) is 3.92. The molecule has 0 saturated heterocycles. The molecule has 1 amide bonds. The van der Waals surface area contributed by atoms with Gasteiger partial charge in [-0.2, -0.15) is 0 Å². The maximum atomic E-state index is 12.3. The molecule has 27 heavy (non-hydrogen) atoms. The minimum absolute atomic E-state index is 0.375. The van der Waals surface area contributed by atoms with Gasteiger partial charge in [-0.3, -0.25) is 9.79 Å². The molecule has 0 bridgehead atoms. The summed E-state index contributed by atoms with van der Waals surface area (Å²) in [6.07, 6.45) is 2.33. The Hall–Kier alpha value is -2.61. The van der Waals surface area contributed by atoms with E-state index in [0.717, 1.165) is 12.0 Å². The Morgan fingerprint density at radius 1 is 1.26 bits per heavy atom. The number of nitrogens with two attached hydrogens (primary N) is 2. The van der Waals surface area contributed by atoms with Gasteiger partial charge in [-0.1, -0.05) is 37.3 Å². The molecule has 1 aromatic carbocycles. The first-order valence-electron chi connectivity index (χ1n) is 9.19. The van der Waals surface area contributed by atoms with Crippen LogP contribution in [0.5, 0.6) is 0 Å². The Labute approximate surface area is 160 Å². The zero-order valence-electron chi connectivity index (χ0n) is 16.1. The molecule has 0 aromatic heterocycles. The predicted molar refractivity (Wildman–Crippen MR) is 106 cm³/mol. The molecule has 0 radical (unpaired) electrons. The molecule has 0 spiro atoms. The fraction of sp³-hybridized carbons (Fsp3) is 0.526. The van der Waals surface area contributed by atoms with Crippen molar-refractivity contribution in [2.24, 2.45) is 16.5 Å². The molecule has 1 rings (SSSR count). The minimum atomic E-state index is -0.750. The first-order valence-corrected chi connectivity index (χ1v) is 9.19. The number of nitrogens with one attached hydrogen (secondary N) is 2. The molecule has 0 aliphatic carbocycles. The highest BCUT2D eigenvalue weighted by Crippen LogP contribution is 2.04. The second kappa shape index (κ2) is 12.7. The number of esters is 1. The standard InChI is InChI=1S/C19H31N5O3/c1-3-11-22-19(21)23-12-7-10-16(18(26)27-2)24-17(25)15(20)13-14-8-5-4-6-9-14/h4-6,8-9,15-16H,3,7,10-13,20H2,1-2H3,(H,24,25)(H3,21,22,23)/t15-,16-/m0/s1. The van der Waals surface area contributed by atoms with Crippen LogP contribution in [-0.2, 0) is 20.7 Å². The molecular formula is C19H31N5O3. The van der Waals surface area contributed by atoms with Gasteiger partial charge in [-0.25, -0.2) is 4.79 Å². The van der Waals surface area contributed by atoms with Crippen LogP contribution in [0.1, 0.15) is 31.7 Å². The van der Waals surface area contributed by atoms with Gasteiger partial charge < -0.3 is 26.8 Å². The molecule has 0 aliphatic heterocycles. The molecule has 0 fully saturated rings. The van der Waals surface area contributed by atoms with E-state index in [0.29, 0.717) is 38.3 Å². The lowest BCUT2D eigenvalue weighted by Gasteiger charge is -2.19. The van der Waals surface area contributed by atoms with Crippen molar-refractivity contribution in [3.05, 3.63) is 35.9 Å². The molecule has 6 N–H and O–H groups in total. The first kappa shape index (κ1) is 22.4. The summed E-state index contributed by atoms with van der Waals surface area (Å²) < 4.78 is 4.78. The van der Waals surface area contributed by atoms with E-state index in [-0.39, 0.29) is 5.91 Å². The number of aliphatic imine (C=N–C) groups is 1. The number of amides is 1. The lowest BCUT2D eigenvalue weighted by molar-refractivity contribution is -0.145. The van der Waals surface area contributed by atoms with Crippen molar-refractivity contribution in [3.63, 3.8) is 0 Å². The SMILES string of the molecule is CCCN=C(N)NCCC[C@H](NC(=O)[C@@H](N)Cc1ccccc1)C(=O)OC. The molecule has 0 unspecified atom stereocenters. The van der Waals surface area contributed by atoms with Crippen LogP contribution in [0.3, 0.4) is 0 Å². The topological polar surface area (TPSA) is 132 Å². The number of ether oxygens (including phenoxy) is 1. The third-order valence-electron chi connectivity index (χ3n) is 3.92. The minimum Gasteiger partial charge on any atom is -0.467 e.